The third-order valence-electron chi connectivity index (χ3n) is 2.59. The molecule has 0 spiro atoms. The van der Waals surface area contributed by atoms with Gasteiger partial charge in [-0.2, -0.15) is 0 Å². The molecule has 0 aliphatic carbocycles. The quantitative estimate of drug-likeness (QED) is 0.619. The van der Waals surface area contributed by atoms with Crippen LogP contribution in [0.1, 0.15) is 27.7 Å². The Labute approximate surface area is 80.3 Å². The minimum Gasteiger partial charge on any atom is -0.308 e. The van der Waals surface area contributed by atoms with Gasteiger partial charge in [-0.1, -0.05) is 13.8 Å². The SMILES string of the molecule is CC(C)C1COP(C)(=O)OC1(C)C. The van der Waals surface area contributed by atoms with Gasteiger partial charge in [0.15, 0.2) is 0 Å². The molecule has 1 aliphatic rings. The minimum atomic E-state index is -2.79. The Bertz CT molecular complexity index is 235. The maximum absolute atomic E-state index is 11.6. The van der Waals surface area contributed by atoms with Crippen molar-refractivity contribution in [3.63, 3.8) is 0 Å². The molecule has 0 amide bonds. The summed E-state index contributed by atoms with van der Waals surface area (Å²) in [6.07, 6.45) is 0. The van der Waals surface area contributed by atoms with Crippen LogP contribution in [0.3, 0.4) is 0 Å². The van der Waals surface area contributed by atoms with Crippen LogP contribution in [0.5, 0.6) is 0 Å². The van der Waals surface area contributed by atoms with Crippen molar-refractivity contribution in [1.29, 1.82) is 0 Å². The molecule has 1 fully saturated rings. The highest BCUT2D eigenvalue weighted by atomic mass is 31.2. The average Bonchev–Trinajstić information content (AvgIpc) is 1.79. The fraction of sp³-hybridized carbons (Fsp3) is 1.00. The summed E-state index contributed by atoms with van der Waals surface area (Å²) < 4.78 is 22.2. The Morgan fingerprint density at radius 3 is 2.38 bits per heavy atom. The smallest absolute Gasteiger partial charge is 0.308 e. The molecule has 1 rings (SSSR count). The third kappa shape index (κ3) is 2.55. The lowest BCUT2D eigenvalue weighted by Crippen LogP contribution is -2.43. The van der Waals surface area contributed by atoms with Crippen molar-refractivity contribution >= 4 is 7.60 Å². The van der Waals surface area contributed by atoms with Crippen LogP contribution in [0, 0.1) is 11.8 Å². The van der Waals surface area contributed by atoms with Crippen molar-refractivity contribution in [2.24, 2.45) is 11.8 Å². The second kappa shape index (κ2) is 3.38. The maximum Gasteiger partial charge on any atom is 0.328 e. The molecule has 13 heavy (non-hydrogen) atoms. The van der Waals surface area contributed by atoms with Crippen LogP contribution in [0.2, 0.25) is 0 Å². The van der Waals surface area contributed by atoms with Crippen molar-refractivity contribution in [2.45, 2.75) is 33.3 Å². The van der Waals surface area contributed by atoms with E-state index in [0.29, 0.717) is 18.4 Å². The summed E-state index contributed by atoms with van der Waals surface area (Å²) in [6.45, 7) is 10.3. The summed E-state index contributed by atoms with van der Waals surface area (Å²) in [4.78, 5) is 0. The molecule has 0 aromatic carbocycles. The van der Waals surface area contributed by atoms with Gasteiger partial charge in [0.05, 0.1) is 12.2 Å². The van der Waals surface area contributed by atoms with Gasteiger partial charge in [0.2, 0.25) is 0 Å². The van der Waals surface area contributed by atoms with Crippen molar-refractivity contribution in [2.75, 3.05) is 13.3 Å². The monoisotopic (exact) mass is 206 g/mol. The van der Waals surface area contributed by atoms with Gasteiger partial charge in [-0.05, 0) is 19.8 Å². The molecule has 2 atom stereocenters. The Balaban J connectivity index is 2.79. The van der Waals surface area contributed by atoms with E-state index in [1.807, 2.05) is 13.8 Å². The Kier molecular flexibility index (Phi) is 2.92. The van der Waals surface area contributed by atoms with E-state index < -0.39 is 7.60 Å². The Morgan fingerprint density at radius 2 is 2.00 bits per heavy atom. The first-order valence-corrected chi connectivity index (χ1v) is 6.66. The van der Waals surface area contributed by atoms with Crippen LogP contribution in [0.15, 0.2) is 0 Å². The lowest BCUT2D eigenvalue weighted by molar-refractivity contribution is -0.0520. The van der Waals surface area contributed by atoms with Crippen LogP contribution in [0.4, 0.5) is 0 Å². The second-order valence-corrected chi connectivity index (χ2v) is 6.60. The van der Waals surface area contributed by atoms with Gasteiger partial charge in [-0.15, -0.1) is 0 Å². The van der Waals surface area contributed by atoms with E-state index >= 15 is 0 Å². The first kappa shape index (κ1) is 11.2. The Morgan fingerprint density at radius 1 is 1.46 bits per heavy atom. The highest BCUT2D eigenvalue weighted by Crippen LogP contribution is 2.54. The lowest BCUT2D eigenvalue weighted by Gasteiger charge is -2.42. The first-order valence-electron chi connectivity index (χ1n) is 4.67. The number of rotatable bonds is 1. The molecule has 0 bridgehead atoms. The van der Waals surface area contributed by atoms with Crippen LogP contribution >= 0.6 is 7.60 Å². The zero-order chi connectivity index (χ0) is 10.3. The van der Waals surface area contributed by atoms with Crippen molar-refractivity contribution in [3.8, 4) is 0 Å². The predicted molar refractivity (Wildman–Crippen MR) is 53.0 cm³/mol. The average molecular weight is 206 g/mol. The van der Waals surface area contributed by atoms with E-state index in [1.165, 1.54) is 6.66 Å². The highest BCUT2D eigenvalue weighted by Gasteiger charge is 2.43. The van der Waals surface area contributed by atoms with E-state index in [1.54, 1.807) is 0 Å². The molecule has 0 aromatic rings. The van der Waals surface area contributed by atoms with E-state index in [4.69, 9.17) is 9.05 Å². The van der Waals surface area contributed by atoms with Crippen LogP contribution in [-0.4, -0.2) is 18.9 Å². The molecule has 0 saturated carbocycles. The summed E-state index contributed by atoms with van der Waals surface area (Å²) in [5.41, 5.74) is -0.337. The molecular formula is C9H19O3P. The standard InChI is InChI=1S/C9H19O3P/c1-7(2)8-6-11-13(5,10)12-9(8,3)4/h7-8H,6H2,1-5H3. The predicted octanol–water partition coefficient (Wildman–Crippen LogP) is 2.91. The topological polar surface area (TPSA) is 35.5 Å². The largest absolute Gasteiger partial charge is 0.328 e. The summed E-state index contributed by atoms with van der Waals surface area (Å²) in [5.74, 6) is 0.796. The highest BCUT2D eigenvalue weighted by molar-refractivity contribution is 7.53. The van der Waals surface area contributed by atoms with E-state index in [-0.39, 0.29) is 5.60 Å². The molecule has 2 unspecified atom stereocenters. The van der Waals surface area contributed by atoms with E-state index in [2.05, 4.69) is 13.8 Å². The number of hydrogen-bond acceptors (Lipinski definition) is 3. The van der Waals surface area contributed by atoms with Gasteiger partial charge >= 0.3 is 7.60 Å². The molecule has 0 N–H and O–H groups in total. The van der Waals surface area contributed by atoms with Gasteiger partial charge in [-0.3, -0.25) is 4.57 Å². The lowest BCUT2D eigenvalue weighted by atomic mass is 9.83. The third-order valence-corrected chi connectivity index (χ3v) is 4.01. The van der Waals surface area contributed by atoms with Gasteiger partial charge in [-0.25, -0.2) is 0 Å². The summed E-state index contributed by atoms with van der Waals surface area (Å²) in [6, 6.07) is 0. The molecule has 0 aromatic heterocycles. The summed E-state index contributed by atoms with van der Waals surface area (Å²) in [7, 11) is -2.79. The summed E-state index contributed by atoms with van der Waals surface area (Å²) in [5, 5.41) is 0. The van der Waals surface area contributed by atoms with Gasteiger partial charge in [0, 0.05) is 12.6 Å². The van der Waals surface area contributed by atoms with Gasteiger partial charge < -0.3 is 9.05 Å². The summed E-state index contributed by atoms with van der Waals surface area (Å²) >= 11 is 0. The zero-order valence-corrected chi connectivity index (χ0v) is 9.93. The Hall–Kier alpha value is 0.150. The van der Waals surface area contributed by atoms with Crippen molar-refractivity contribution in [1.82, 2.24) is 0 Å². The van der Waals surface area contributed by atoms with Crippen molar-refractivity contribution in [3.05, 3.63) is 0 Å². The van der Waals surface area contributed by atoms with Gasteiger partial charge in [0.1, 0.15) is 0 Å². The molecule has 1 aliphatic heterocycles. The molecule has 78 valence electrons. The normalized spacial score (nSPS) is 39.4. The molecule has 4 heteroatoms. The molecule has 0 radical (unpaired) electrons. The van der Waals surface area contributed by atoms with Crippen molar-refractivity contribution < 1.29 is 13.6 Å². The van der Waals surface area contributed by atoms with Crippen LogP contribution in [-0.2, 0) is 13.6 Å². The first-order chi connectivity index (χ1) is 5.75. The van der Waals surface area contributed by atoms with Gasteiger partial charge in [0.25, 0.3) is 0 Å². The number of hydrogen-bond donors (Lipinski definition) is 0. The second-order valence-electron chi connectivity index (χ2n) is 4.61. The van der Waals surface area contributed by atoms with E-state index in [0.717, 1.165) is 0 Å². The minimum absolute atomic E-state index is 0.314. The van der Waals surface area contributed by atoms with E-state index in [9.17, 15) is 4.57 Å². The molecule has 3 nitrogen and oxygen atoms in total. The molecule has 1 saturated heterocycles. The molecular weight excluding hydrogens is 187 g/mol. The van der Waals surface area contributed by atoms with Crippen LogP contribution in [0.25, 0.3) is 0 Å². The maximum atomic E-state index is 11.6. The zero-order valence-electron chi connectivity index (χ0n) is 9.03. The van der Waals surface area contributed by atoms with Crippen LogP contribution < -0.4 is 0 Å². The fourth-order valence-electron chi connectivity index (χ4n) is 1.93. The fourth-order valence-corrected chi connectivity index (χ4v) is 3.41. The molecule has 1 heterocycles.